The molecule has 4 nitrogen and oxygen atoms in total. The molecule has 2 fully saturated rings. The molecule has 0 atom stereocenters. The molecule has 1 aromatic rings. The Morgan fingerprint density at radius 3 is 2.38 bits per heavy atom. The molecule has 0 heterocycles. The molecule has 0 unspecified atom stereocenters. The largest absolute Gasteiger partial charge is 0.353 e. The minimum absolute atomic E-state index is 0.0363. The Balaban J connectivity index is 1.63. The quantitative estimate of drug-likeness (QED) is 0.713. The highest BCUT2D eigenvalue weighted by atomic mass is 35.5. The number of amides is 2. The van der Waals surface area contributed by atoms with Crippen molar-refractivity contribution >= 4 is 23.4 Å². The Hall–Kier alpha value is -1.62. The first-order chi connectivity index (χ1) is 12.5. The van der Waals surface area contributed by atoms with E-state index >= 15 is 0 Å². The highest BCUT2D eigenvalue weighted by Crippen LogP contribution is 2.49. The SMILES string of the molecule is O=C(CCl)NC1(CNC(=O)C2(Cc3ccccc3F)CC2)CCCCC1. The lowest BCUT2D eigenvalue weighted by Gasteiger charge is -2.38. The molecular formula is C20H26ClFN2O2. The van der Waals surface area contributed by atoms with Crippen molar-refractivity contribution in [1.29, 1.82) is 0 Å². The molecule has 0 radical (unpaired) electrons. The van der Waals surface area contributed by atoms with E-state index in [4.69, 9.17) is 11.6 Å². The fourth-order valence-corrected chi connectivity index (χ4v) is 4.05. The van der Waals surface area contributed by atoms with E-state index in [1.54, 1.807) is 18.2 Å². The zero-order valence-electron chi connectivity index (χ0n) is 15.0. The van der Waals surface area contributed by atoms with Gasteiger partial charge in [0, 0.05) is 6.54 Å². The summed E-state index contributed by atoms with van der Waals surface area (Å²) in [6.07, 6.45) is 6.85. The normalized spacial score (nSPS) is 20.2. The summed E-state index contributed by atoms with van der Waals surface area (Å²) in [4.78, 5) is 24.6. The zero-order valence-corrected chi connectivity index (χ0v) is 15.7. The minimum atomic E-state index is -0.505. The number of hydrogen-bond acceptors (Lipinski definition) is 2. The Kier molecular flexibility index (Phi) is 5.86. The second-order valence-corrected chi connectivity index (χ2v) is 8.02. The lowest BCUT2D eigenvalue weighted by molar-refractivity contribution is -0.127. The van der Waals surface area contributed by atoms with E-state index in [-0.39, 0.29) is 23.5 Å². The van der Waals surface area contributed by atoms with Gasteiger partial charge in [-0.15, -0.1) is 11.6 Å². The first-order valence-corrected chi connectivity index (χ1v) is 9.91. The van der Waals surface area contributed by atoms with E-state index in [2.05, 4.69) is 10.6 Å². The van der Waals surface area contributed by atoms with E-state index in [9.17, 15) is 14.0 Å². The second-order valence-electron chi connectivity index (χ2n) is 7.75. The average molecular weight is 381 g/mol. The molecule has 3 rings (SSSR count). The van der Waals surface area contributed by atoms with Gasteiger partial charge in [0.25, 0.3) is 0 Å². The number of carbonyl (C=O) groups excluding carboxylic acids is 2. The highest BCUT2D eigenvalue weighted by Gasteiger charge is 2.50. The van der Waals surface area contributed by atoms with Crippen molar-refractivity contribution in [2.24, 2.45) is 5.41 Å². The Labute approximate surface area is 158 Å². The van der Waals surface area contributed by atoms with Crippen molar-refractivity contribution in [3.8, 4) is 0 Å². The van der Waals surface area contributed by atoms with Crippen LogP contribution in [0.25, 0.3) is 0 Å². The molecule has 2 aliphatic rings. The van der Waals surface area contributed by atoms with Crippen LogP contribution in [0.15, 0.2) is 24.3 Å². The molecular weight excluding hydrogens is 355 g/mol. The predicted octanol–water partition coefficient (Wildman–Crippen LogP) is 3.32. The molecule has 0 bridgehead atoms. The van der Waals surface area contributed by atoms with Gasteiger partial charge in [-0.3, -0.25) is 9.59 Å². The highest BCUT2D eigenvalue weighted by molar-refractivity contribution is 6.27. The number of benzene rings is 1. The van der Waals surface area contributed by atoms with E-state index in [1.807, 2.05) is 0 Å². The summed E-state index contributed by atoms with van der Waals surface area (Å²) >= 11 is 5.65. The number of rotatable bonds is 7. The van der Waals surface area contributed by atoms with Crippen LogP contribution in [-0.4, -0.2) is 29.8 Å². The van der Waals surface area contributed by atoms with E-state index in [0.717, 1.165) is 44.9 Å². The lowest BCUT2D eigenvalue weighted by Crippen LogP contribution is -2.57. The molecule has 2 saturated carbocycles. The maximum absolute atomic E-state index is 13.9. The molecule has 26 heavy (non-hydrogen) atoms. The van der Waals surface area contributed by atoms with E-state index in [1.165, 1.54) is 6.07 Å². The monoisotopic (exact) mass is 380 g/mol. The fourth-order valence-electron chi connectivity index (χ4n) is 3.98. The summed E-state index contributed by atoms with van der Waals surface area (Å²) in [5, 5.41) is 6.07. The van der Waals surface area contributed by atoms with Crippen LogP contribution in [0.5, 0.6) is 0 Å². The standard InChI is InChI=1S/C20H26ClFN2O2/c21-13-17(25)24-20(8-4-1-5-9-20)14-23-18(26)19(10-11-19)12-15-6-2-3-7-16(15)22/h2-3,6-7H,1,4-5,8-14H2,(H,23,26)(H,24,25). The fraction of sp³-hybridized carbons (Fsp3) is 0.600. The first-order valence-electron chi connectivity index (χ1n) is 9.37. The van der Waals surface area contributed by atoms with Crippen molar-refractivity contribution in [2.45, 2.75) is 56.9 Å². The number of carbonyl (C=O) groups is 2. The smallest absolute Gasteiger partial charge is 0.235 e. The average Bonchev–Trinajstić information content (AvgIpc) is 3.43. The van der Waals surface area contributed by atoms with Gasteiger partial charge in [0.2, 0.25) is 11.8 Å². The molecule has 1 aromatic carbocycles. The molecule has 6 heteroatoms. The van der Waals surface area contributed by atoms with Crippen LogP contribution < -0.4 is 10.6 Å². The van der Waals surface area contributed by atoms with Gasteiger partial charge in [-0.05, 0) is 43.7 Å². The molecule has 0 saturated heterocycles. The summed E-state index contributed by atoms with van der Waals surface area (Å²) in [5.74, 6) is -0.571. The molecule has 2 N–H and O–H groups in total. The summed E-state index contributed by atoms with van der Waals surface area (Å²) in [5.41, 5.74) is -0.328. The lowest BCUT2D eigenvalue weighted by atomic mass is 9.81. The van der Waals surface area contributed by atoms with Gasteiger partial charge in [0.05, 0.1) is 11.0 Å². The van der Waals surface area contributed by atoms with Crippen LogP contribution in [0.1, 0.15) is 50.5 Å². The second kappa shape index (κ2) is 7.95. The van der Waals surface area contributed by atoms with Crippen molar-refractivity contribution in [1.82, 2.24) is 10.6 Å². The predicted molar refractivity (Wildman–Crippen MR) is 99.5 cm³/mol. The summed E-state index contributed by atoms with van der Waals surface area (Å²) in [7, 11) is 0. The van der Waals surface area contributed by atoms with Crippen molar-refractivity contribution in [3.05, 3.63) is 35.6 Å². The minimum Gasteiger partial charge on any atom is -0.353 e. The third-order valence-corrected chi connectivity index (χ3v) is 5.99. The Morgan fingerprint density at radius 1 is 1.08 bits per heavy atom. The Bertz CT molecular complexity index is 670. The Morgan fingerprint density at radius 2 is 1.77 bits per heavy atom. The van der Waals surface area contributed by atoms with Gasteiger partial charge in [0.1, 0.15) is 11.7 Å². The van der Waals surface area contributed by atoms with E-state index in [0.29, 0.717) is 18.5 Å². The molecule has 2 amide bonds. The van der Waals surface area contributed by atoms with Gasteiger partial charge in [-0.2, -0.15) is 0 Å². The van der Waals surface area contributed by atoms with Crippen LogP contribution in [0.2, 0.25) is 0 Å². The molecule has 0 aromatic heterocycles. The van der Waals surface area contributed by atoms with Gasteiger partial charge in [-0.1, -0.05) is 37.5 Å². The molecule has 0 spiro atoms. The first kappa shape index (κ1) is 19.2. The van der Waals surface area contributed by atoms with Gasteiger partial charge < -0.3 is 10.6 Å². The summed E-state index contributed by atoms with van der Waals surface area (Å²) < 4.78 is 13.9. The van der Waals surface area contributed by atoms with Crippen LogP contribution in [0, 0.1) is 11.2 Å². The van der Waals surface area contributed by atoms with Gasteiger partial charge >= 0.3 is 0 Å². The number of alkyl halides is 1. The van der Waals surface area contributed by atoms with Crippen molar-refractivity contribution < 1.29 is 14.0 Å². The number of nitrogens with one attached hydrogen (secondary N) is 2. The summed E-state index contributed by atoms with van der Waals surface area (Å²) in [6, 6.07) is 6.63. The van der Waals surface area contributed by atoms with Crippen molar-refractivity contribution in [3.63, 3.8) is 0 Å². The summed E-state index contributed by atoms with van der Waals surface area (Å²) in [6.45, 7) is 0.410. The molecule has 2 aliphatic carbocycles. The third-order valence-electron chi connectivity index (χ3n) is 5.75. The van der Waals surface area contributed by atoms with Gasteiger partial charge in [-0.25, -0.2) is 4.39 Å². The van der Waals surface area contributed by atoms with Crippen LogP contribution in [0.4, 0.5) is 4.39 Å². The number of hydrogen-bond donors (Lipinski definition) is 2. The maximum atomic E-state index is 13.9. The zero-order chi connectivity index (χ0) is 18.6. The number of halogens is 2. The van der Waals surface area contributed by atoms with Crippen LogP contribution in [-0.2, 0) is 16.0 Å². The third kappa shape index (κ3) is 4.37. The van der Waals surface area contributed by atoms with Crippen LogP contribution >= 0.6 is 11.6 Å². The molecule has 0 aliphatic heterocycles. The van der Waals surface area contributed by atoms with Crippen molar-refractivity contribution in [2.75, 3.05) is 12.4 Å². The van der Waals surface area contributed by atoms with Gasteiger partial charge in [0.15, 0.2) is 0 Å². The maximum Gasteiger partial charge on any atom is 0.235 e. The van der Waals surface area contributed by atoms with Crippen LogP contribution in [0.3, 0.4) is 0 Å². The van der Waals surface area contributed by atoms with E-state index < -0.39 is 11.0 Å². The topological polar surface area (TPSA) is 58.2 Å². The molecule has 142 valence electrons.